The maximum Gasteiger partial charge on any atom is 0.187 e. The minimum Gasteiger partial charge on any atom is -0.395 e. The molecule has 4 saturated carbocycles. The largest absolute Gasteiger partial charge is 0.395 e. The van der Waals surface area contributed by atoms with Crippen LogP contribution in [-0.4, -0.2) is 434 Å². The van der Waals surface area contributed by atoms with Crippen molar-refractivity contribution < 1.29 is 162 Å². The van der Waals surface area contributed by atoms with Crippen LogP contribution >= 0.6 is 0 Å². The van der Waals surface area contributed by atoms with Crippen molar-refractivity contribution >= 4 is 0 Å². The van der Waals surface area contributed by atoms with Gasteiger partial charge in [0.05, 0.1) is 124 Å². The maximum absolute atomic E-state index is 11.3. The van der Waals surface area contributed by atoms with Gasteiger partial charge in [-0.15, -0.1) is 0 Å². The van der Waals surface area contributed by atoms with E-state index in [9.17, 15) is 81.7 Å². The van der Waals surface area contributed by atoms with Gasteiger partial charge in [-0.2, -0.15) is 0 Å². The highest BCUT2D eigenvalue weighted by Gasteiger charge is 2.59. The predicted octanol–water partition coefficient (Wildman–Crippen LogP) is -15.5. The molecule has 8 aliphatic heterocycles. The number of hydrogen-bond acceptors (Lipinski definition) is 49. The van der Waals surface area contributed by atoms with Gasteiger partial charge in [0.15, 0.2) is 50.3 Å². The van der Waals surface area contributed by atoms with E-state index in [4.69, 9.17) is 172 Å². The lowest BCUT2D eigenvalue weighted by molar-refractivity contribution is -0.297. The molecular formula is C81H152N16O33. The third-order valence-electron chi connectivity index (χ3n) is 27.9. The molecule has 12 aliphatic rings. The topological polar surface area (TPSA) is 897 Å². The molecule has 0 amide bonds. The van der Waals surface area contributed by atoms with Gasteiger partial charge in [-0.05, 0) is 76.3 Å². The summed E-state index contributed by atoms with van der Waals surface area (Å²) in [7, 11) is 0. The van der Waals surface area contributed by atoms with Gasteiger partial charge >= 0.3 is 0 Å². The van der Waals surface area contributed by atoms with E-state index in [2.05, 4.69) is 0 Å². The van der Waals surface area contributed by atoms with Crippen LogP contribution in [0.15, 0.2) is 30.3 Å². The number of benzene rings is 1. The minimum absolute atomic E-state index is 0.0849. The molecule has 754 valence electrons. The van der Waals surface area contributed by atoms with Gasteiger partial charge in [-0.3, -0.25) is 0 Å². The van der Waals surface area contributed by atoms with Crippen LogP contribution in [-0.2, 0) is 80.5 Å². The van der Waals surface area contributed by atoms with Gasteiger partial charge in [-0.25, -0.2) is 0 Å². The van der Waals surface area contributed by atoms with Crippen LogP contribution in [0.5, 0.6) is 0 Å². The minimum atomic E-state index is -1.50. The molecule has 130 heavy (non-hydrogen) atoms. The first-order valence-electron chi connectivity index (χ1n) is 45.4. The van der Waals surface area contributed by atoms with Gasteiger partial charge in [0.2, 0.25) is 0 Å². The molecule has 8 heterocycles. The number of hydrogen-bond donors (Lipinski definition) is 32. The Balaban J connectivity index is 0.000000189. The van der Waals surface area contributed by atoms with Gasteiger partial charge in [0, 0.05) is 85.6 Å². The molecule has 12 fully saturated rings. The molecule has 0 aromatic heterocycles. The number of nitrogens with two attached hydrogens (primary N) is 16. The smallest absolute Gasteiger partial charge is 0.187 e. The highest BCUT2D eigenvalue weighted by atomic mass is 16.8. The zero-order chi connectivity index (χ0) is 95.0. The van der Waals surface area contributed by atoms with Crippen molar-refractivity contribution in [2.24, 2.45) is 115 Å². The molecule has 13 rings (SSSR count). The summed E-state index contributed by atoms with van der Waals surface area (Å²) in [6.07, 6.45) is -36.9. The first kappa shape index (κ1) is 108. The Kier molecular flexibility index (Phi) is 40.1. The number of aliphatic hydroxyl groups is 16. The summed E-state index contributed by atoms with van der Waals surface area (Å²) in [5, 5.41) is 169. The predicted molar refractivity (Wildman–Crippen MR) is 452 cm³/mol. The quantitative estimate of drug-likeness (QED) is 0.0340. The van der Waals surface area contributed by atoms with E-state index in [0.717, 1.165) is 5.56 Å². The zero-order valence-corrected chi connectivity index (χ0v) is 73.6. The summed E-state index contributed by atoms with van der Waals surface area (Å²) in [6, 6.07) is 2.02. The standard InChI is InChI=1S/C30H51N5O11.C26H52N6O10.C25H49N5O12/c1-12-21(37)23(39)18(10-31)42-28(12)45-26-19(11-36)43-30(24(26)40)46-27-22(38)15(33)9-16(34)25(27)44-29-14(32)7-8-17(41-29)20(35)13-5-3-2-4-6-13;1-9-16(4-10(6-27)19(35)18(9)34)38-23-17(8-33)40-26(21(23)37)42-24-20(36)12(30)5-13(31)22(24)41-25-11(29)2-3-15(39-25)14(32)7-28;1-8-16(33)18(35)14(5-26)38-23(8)41-21-15(7-32)39-25(19(21)36)42-22-17(34)10(28)4-11(29)20(22)40-24-9(27)2-3-13(37-24)12(30)6-31/h2-6,12,14-30,36-40H,7-11,31-35H2,1H3;9-26,33-37H,2-8,27-32H2,1H3;8-25,31-36H,2-7,26-30H2,1H3/t12-,14-,15-,16+,17+,18+,19-,20+,21-,22+,23-,24-,25-,26-,27-,28?,29-,30+;9-,10-,11+,12+,13-,14-,15-,16?,17+,18+,19+,20-,21+,22+,23+,24+,25+,26-;8-,9-,10-,11+,12+,13+,14+,15-,16-,17+,18-,19-,20-,21-,22-,23?,24-,25+/m101/s1. The second kappa shape index (κ2) is 48.4. The number of ether oxygens (including phenoxy) is 17. The van der Waals surface area contributed by atoms with Crippen LogP contribution in [0.4, 0.5) is 0 Å². The molecule has 8 saturated heterocycles. The lowest BCUT2D eigenvalue weighted by atomic mass is 9.76. The molecule has 1 aromatic carbocycles. The summed E-state index contributed by atoms with van der Waals surface area (Å²) in [5.41, 5.74) is 99.1. The average Bonchev–Trinajstić information content (AvgIpc) is 1.58. The molecule has 54 atom stereocenters. The van der Waals surface area contributed by atoms with E-state index in [1.54, 1.807) is 20.8 Å². The highest BCUT2D eigenvalue weighted by Crippen LogP contribution is 2.43. The maximum atomic E-state index is 11.3. The second-order valence-electron chi connectivity index (χ2n) is 37.1. The van der Waals surface area contributed by atoms with Crippen LogP contribution in [0, 0.1) is 23.7 Å². The fourth-order valence-corrected chi connectivity index (χ4v) is 19.3. The van der Waals surface area contributed by atoms with E-state index in [1.165, 1.54) is 0 Å². The Hall–Kier alpha value is -2.74. The Labute approximate surface area is 754 Å². The Bertz CT molecular complexity index is 3350. The third kappa shape index (κ3) is 24.6. The van der Waals surface area contributed by atoms with Crippen molar-refractivity contribution in [2.75, 3.05) is 52.6 Å². The van der Waals surface area contributed by atoms with Crippen LogP contribution in [0.25, 0.3) is 0 Å². The van der Waals surface area contributed by atoms with Crippen LogP contribution in [0.2, 0.25) is 0 Å². The number of aliphatic hydroxyl groups excluding tert-OH is 16. The van der Waals surface area contributed by atoms with E-state index in [1.807, 2.05) is 30.3 Å². The molecule has 4 aliphatic carbocycles. The normalized spacial score (nSPS) is 49.8. The Morgan fingerprint density at radius 2 is 0.623 bits per heavy atom. The Morgan fingerprint density at radius 1 is 0.300 bits per heavy atom. The summed E-state index contributed by atoms with van der Waals surface area (Å²) in [4.78, 5) is 0. The van der Waals surface area contributed by atoms with Gasteiger partial charge in [-0.1, -0.05) is 51.1 Å². The van der Waals surface area contributed by atoms with Crippen molar-refractivity contribution in [2.45, 2.75) is 391 Å². The van der Waals surface area contributed by atoms with E-state index >= 15 is 0 Å². The number of rotatable bonds is 30. The van der Waals surface area contributed by atoms with E-state index in [-0.39, 0.29) is 58.2 Å². The lowest BCUT2D eigenvalue weighted by Crippen LogP contribution is -2.65. The molecule has 1 aromatic rings. The molecule has 48 N–H and O–H groups in total. The summed E-state index contributed by atoms with van der Waals surface area (Å²) in [6.45, 7) is 3.16. The first-order chi connectivity index (χ1) is 61.8. The van der Waals surface area contributed by atoms with Crippen molar-refractivity contribution in [1.82, 2.24) is 0 Å². The molecule has 0 radical (unpaired) electrons. The van der Waals surface area contributed by atoms with Crippen molar-refractivity contribution in [3.05, 3.63) is 35.9 Å². The summed E-state index contributed by atoms with van der Waals surface area (Å²) >= 11 is 0. The summed E-state index contributed by atoms with van der Waals surface area (Å²) < 4.78 is 102. The molecule has 49 nitrogen and oxygen atoms in total. The first-order valence-corrected chi connectivity index (χ1v) is 45.4. The van der Waals surface area contributed by atoms with Gasteiger partial charge < -0.3 is 254 Å². The highest BCUT2D eigenvalue weighted by molar-refractivity contribution is 5.20. The fourth-order valence-electron chi connectivity index (χ4n) is 19.3. The van der Waals surface area contributed by atoms with Crippen molar-refractivity contribution in [3.63, 3.8) is 0 Å². The lowest BCUT2D eigenvalue weighted by Gasteiger charge is -2.46. The van der Waals surface area contributed by atoms with Crippen LogP contribution < -0.4 is 91.7 Å². The van der Waals surface area contributed by atoms with Gasteiger partial charge in [0.1, 0.15) is 116 Å². The van der Waals surface area contributed by atoms with Crippen LogP contribution in [0.3, 0.4) is 0 Å². The fraction of sp³-hybridized carbons (Fsp3) is 0.926. The molecule has 49 heteroatoms. The Morgan fingerprint density at radius 3 is 0.969 bits per heavy atom. The third-order valence-corrected chi connectivity index (χ3v) is 27.9. The molecule has 0 bridgehead atoms. The van der Waals surface area contributed by atoms with Crippen molar-refractivity contribution in [1.29, 1.82) is 0 Å². The average molecular weight is 1880 g/mol. The van der Waals surface area contributed by atoms with E-state index in [0.29, 0.717) is 44.9 Å². The van der Waals surface area contributed by atoms with Crippen molar-refractivity contribution in [3.8, 4) is 0 Å². The summed E-state index contributed by atoms with van der Waals surface area (Å²) in [5.74, 6) is -2.33. The SMILES string of the molecule is C[C@H]1C(O[C@H]2[C@@H](O)[C@H](O[C@@H]3[C@@H](O)[C@H](N)C[C@H](N)[C@H]3O[C@H]3O[C@H]([C@@H](N)CN)CC[C@H]3N)O[C@@H]2CO)C[C@@H](CN)[C@@H](O)[C@@H]1O.C[C@H]1C(O[C@H]2[C@@H](O)[C@H](O[C@@H]3[C@@H](O)[C@H](N)C[C@H](N)[C@H]3O[C@H]3O[C@H]([C@@H](N)CO)CC[C@H]3N)O[C@@H]2CO)O[C@@H](CN)[C@@H](O)[C@@H]1O.C[C@H]1C(O[C@H]2[C@@H](O)[C@H](O[C@@H]3[C@@H](O)[C@H](N)C[C@H](N)[C@H]3O[C@H]3O[C@H]([C@@H](N)c4ccccc4)CC[C@H]3N)O[C@@H]2CO)O[C@@H](CN)[C@@H](O)[C@@H]1O. The molecule has 0 spiro atoms. The zero-order valence-electron chi connectivity index (χ0n) is 73.6. The van der Waals surface area contributed by atoms with E-state index < -0.39 is 343 Å². The molecule has 3 unspecified atom stereocenters. The van der Waals surface area contributed by atoms with Gasteiger partial charge in [0.25, 0.3) is 0 Å². The second-order valence-corrected chi connectivity index (χ2v) is 37.1. The monoisotopic (exact) mass is 1880 g/mol. The van der Waals surface area contributed by atoms with Crippen LogP contribution in [0.1, 0.15) is 96.6 Å². The molecular weight excluding hydrogens is 1720 g/mol.